The molecule has 0 saturated carbocycles. The third-order valence-electron chi connectivity index (χ3n) is 0.762. The second-order valence-electron chi connectivity index (χ2n) is 1.84. The van der Waals surface area contributed by atoms with E-state index >= 15 is 0 Å². The summed E-state index contributed by atoms with van der Waals surface area (Å²) in [5, 5.41) is 8.20. The summed E-state index contributed by atoms with van der Waals surface area (Å²) in [6, 6.07) is 0. The fourth-order valence-corrected chi connectivity index (χ4v) is 0.362. The van der Waals surface area contributed by atoms with Crippen molar-refractivity contribution in [3.8, 4) is 0 Å². The Morgan fingerprint density at radius 1 is 1.15 bits per heavy atom. The Bertz CT molecular complexity index is 146. The summed E-state index contributed by atoms with van der Waals surface area (Å²) < 4.78 is 34.1. The van der Waals surface area contributed by atoms with Gasteiger partial charge < -0.3 is 14.2 Å². The first-order chi connectivity index (χ1) is 4.91. The van der Waals surface area contributed by atoms with E-state index in [9.17, 15) is 0 Å². The molecule has 0 heterocycles. The molecule has 0 spiro atoms. The van der Waals surface area contributed by atoms with Gasteiger partial charge in [0.2, 0.25) is 0 Å². The summed E-state index contributed by atoms with van der Waals surface area (Å²) in [5.41, 5.74) is 0. The van der Waals surface area contributed by atoms with Crippen LogP contribution in [0.25, 0.3) is 0 Å². The fraction of sp³-hybridized carbons (Fsp3) is 1.00. The molecule has 0 rings (SSSR count). The van der Waals surface area contributed by atoms with E-state index in [0.29, 0.717) is 6.61 Å². The molecule has 0 amide bonds. The van der Waals surface area contributed by atoms with Gasteiger partial charge in [0.1, 0.15) is 0 Å². The van der Waals surface area contributed by atoms with Crippen LogP contribution in [0.15, 0.2) is 0 Å². The summed E-state index contributed by atoms with van der Waals surface area (Å²) in [5.74, 6) is 0. The van der Waals surface area contributed by atoms with Crippen LogP contribution in [-0.4, -0.2) is 29.2 Å². The van der Waals surface area contributed by atoms with Crippen molar-refractivity contribution in [1.82, 2.24) is 0 Å². The zero-order valence-electron chi connectivity index (χ0n) is 8.32. The van der Waals surface area contributed by atoms with Gasteiger partial charge in [0.15, 0.2) is 0 Å². The molecule has 5 nitrogen and oxygen atoms in total. The molecular weight excluding hydrogens is 250 g/mol. The van der Waals surface area contributed by atoms with Crippen LogP contribution in [0.5, 0.6) is 0 Å². The van der Waals surface area contributed by atoms with Gasteiger partial charge in [0, 0.05) is 17.0 Å². The Hall–Kier alpha value is 3.10. The molecule has 0 bridgehead atoms. The monoisotopic (exact) mass is 262 g/mol. The van der Waals surface area contributed by atoms with Crippen molar-refractivity contribution < 1.29 is 125 Å². The van der Waals surface area contributed by atoms with Crippen LogP contribution in [0.1, 0.15) is 26.2 Å². The Labute approximate surface area is 164 Å². The van der Waals surface area contributed by atoms with E-state index < -0.39 is 10.4 Å². The topological polar surface area (TPSA) is 100 Å². The number of aliphatic hydroxyl groups is 1. The van der Waals surface area contributed by atoms with Crippen LogP contribution in [0, 0.1) is 0 Å². The van der Waals surface area contributed by atoms with Crippen LogP contribution < -0.4 is 103 Å². The summed E-state index contributed by atoms with van der Waals surface area (Å²) in [4.78, 5) is 0. The van der Waals surface area contributed by atoms with Crippen LogP contribution in [-0.2, 0) is 10.4 Å². The smallest absolute Gasteiger partial charge is 0.759 e. The van der Waals surface area contributed by atoms with Gasteiger partial charge in [-0.15, -0.1) is 0 Å². The molecular formula is C5H12K2O5S. The Morgan fingerprint density at radius 3 is 1.54 bits per heavy atom. The zero-order chi connectivity index (χ0) is 9.33. The van der Waals surface area contributed by atoms with Gasteiger partial charge in [-0.25, -0.2) is 0 Å². The van der Waals surface area contributed by atoms with E-state index in [1.165, 1.54) is 6.42 Å². The van der Waals surface area contributed by atoms with E-state index in [1.807, 2.05) is 0 Å². The van der Waals surface area contributed by atoms with E-state index in [2.05, 4.69) is 6.92 Å². The first kappa shape index (κ1) is 25.1. The molecule has 0 saturated heterocycles. The van der Waals surface area contributed by atoms with Crippen LogP contribution >= 0.6 is 0 Å². The predicted molar refractivity (Wildman–Crippen MR) is 37.1 cm³/mol. The molecule has 0 aliphatic carbocycles. The average Bonchev–Trinajstić information content (AvgIpc) is 1.79. The number of unbranched alkanes of at least 4 members (excludes halogenated alkanes) is 2. The first-order valence-corrected chi connectivity index (χ1v) is 4.52. The van der Waals surface area contributed by atoms with Gasteiger partial charge in [-0.3, -0.25) is 8.42 Å². The van der Waals surface area contributed by atoms with E-state index in [-0.39, 0.29) is 103 Å². The summed E-state index contributed by atoms with van der Waals surface area (Å²) >= 11 is 0. The average molecular weight is 262 g/mol. The van der Waals surface area contributed by atoms with Gasteiger partial charge in [0.05, 0.1) is 0 Å². The van der Waals surface area contributed by atoms with Crippen LogP contribution in [0.3, 0.4) is 0 Å². The molecule has 0 aromatic heterocycles. The summed E-state index contributed by atoms with van der Waals surface area (Å²) in [6.45, 7) is 2.48. The third-order valence-corrected chi connectivity index (χ3v) is 0.762. The van der Waals surface area contributed by atoms with Crippen molar-refractivity contribution in [2.45, 2.75) is 26.2 Å². The second kappa shape index (κ2) is 17.5. The summed E-state index contributed by atoms with van der Waals surface area (Å²) in [6.07, 6.45) is 3.33. The third kappa shape index (κ3) is 69.6. The second-order valence-corrected chi connectivity index (χ2v) is 2.66. The number of aliphatic hydroxyl groups excluding tert-OH is 1. The summed E-state index contributed by atoms with van der Waals surface area (Å²) in [7, 11) is -5.17. The normalized spacial score (nSPS) is 8.62. The SMILES string of the molecule is CCCCCO.O=S(=O)([O-])[O-].[K+].[K+]. The molecule has 0 radical (unpaired) electrons. The Balaban J connectivity index is -0.0000000546. The number of hydrogen-bond donors (Lipinski definition) is 1. The minimum absolute atomic E-state index is 0. The molecule has 0 aromatic rings. The number of hydrogen-bond acceptors (Lipinski definition) is 5. The molecule has 0 atom stereocenters. The fourth-order valence-electron chi connectivity index (χ4n) is 0.362. The van der Waals surface area contributed by atoms with E-state index in [0.717, 1.165) is 12.8 Å². The molecule has 0 aliphatic rings. The molecule has 8 heteroatoms. The van der Waals surface area contributed by atoms with Crippen molar-refractivity contribution >= 4 is 10.4 Å². The quantitative estimate of drug-likeness (QED) is 0.236. The van der Waals surface area contributed by atoms with Gasteiger partial charge in [-0.1, -0.05) is 19.8 Å². The first-order valence-electron chi connectivity index (χ1n) is 3.19. The molecule has 0 aliphatic heterocycles. The van der Waals surface area contributed by atoms with E-state index in [1.54, 1.807) is 0 Å². The van der Waals surface area contributed by atoms with Crippen LogP contribution in [0.2, 0.25) is 0 Å². The maximum Gasteiger partial charge on any atom is 1.00 e. The Kier molecular flexibility index (Phi) is 33.7. The Morgan fingerprint density at radius 2 is 1.46 bits per heavy atom. The molecule has 0 fully saturated rings. The maximum absolute atomic E-state index is 8.52. The van der Waals surface area contributed by atoms with Gasteiger partial charge in [-0.2, -0.15) is 0 Å². The molecule has 13 heavy (non-hydrogen) atoms. The minimum Gasteiger partial charge on any atom is -0.759 e. The predicted octanol–water partition coefficient (Wildman–Crippen LogP) is -6.16. The van der Waals surface area contributed by atoms with Gasteiger partial charge in [0.25, 0.3) is 0 Å². The standard InChI is InChI=1S/C5H12O.2K.H2O4S/c1-2-3-4-5-6;;;1-5(2,3)4/h6H,2-5H2,1H3;;;(H2,1,2,3,4)/q;2*+1;/p-2. The molecule has 0 aromatic carbocycles. The zero-order valence-corrected chi connectivity index (χ0v) is 15.4. The largest absolute Gasteiger partial charge is 1.00 e. The minimum atomic E-state index is -5.17. The molecule has 70 valence electrons. The van der Waals surface area contributed by atoms with Gasteiger partial charge in [-0.05, 0) is 6.42 Å². The van der Waals surface area contributed by atoms with Crippen molar-refractivity contribution in [3.05, 3.63) is 0 Å². The van der Waals surface area contributed by atoms with Crippen molar-refractivity contribution in [2.75, 3.05) is 6.61 Å². The molecule has 1 N–H and O–H groups in total. The van der Waals surface area contributed by atoms with Crippen molar-refractivity contribution in [3.63, 3.8) is 0 Å². The van der Waals surface area contributed by atoms with Crippen molar-refractivity contribution in [1.29, 1.82) is 0 Å². The number of rotatable bonds is 3. The maximum atomic E-state index is 8.52. The molecule has 0 unspecified atom stereocenters. The van der Waals surface area contributed by atoms with E-state index in [4.69, 9.17) is 22.6 Å². The van der Waals surface area contributed by atoms with Crippen molar-refractivity contribution in [2.24, 2.45) is 0 Å². The van der Waals surface area contributed by atoms with Crippen LogP contribution in [0.4, 0.5) is 0 Å². The van der Waals surface area contributed by atoms with Gasteiger partial charge >= 0.3 is 103 Å².